The van der Waals surface area contributed by atoms with Crippen molar-refractivity contribution in [2.24, 2.45) is 0 Å². The molecule has 1 aliphatic rings. The predicted molar refractivity (Wildman–Crippen MR) is 132 cm³/mol. The zero-order valence-electron chi connectivity index (χ0n) is 20.7. The standard InChI is InChI=1S/C26H33N5O3/c1-25(2)15-18(16-26(3,4)30-25)27-24(32)22-28-23(17-10-8-7-9-11-17)31(29-22)20-14-19(33-5)12-13-21(20)34-6/h7-14,18,30H,15-16H2,1-6H3,(H,27,32). The van der Waals surface area contributed by atoms with E-state index >= 15 is 0 Å². The molecule has 1 saturated heterocycles. The number of piperidine rings is 1. The molecule has 2 heterocycles. The van der Waals surface area contributed by atoms with Crippen molar-refractivity contribution in [2.45, 2.75) is 57.7 Å². The number of nitrogens with zero attached hydrogens (tertiary/aromatic N) is 3. The van der Waals surface area contributed by atoms with E-state index in [1.54, 1.807) is 18.9 Å². The molecule has 0 spiro atoms. The first-order valence-electron chi connectivity index (χ1n) is 11.5. The van der Waals surface area contributed by atoms with E-state index in [1.807, 2.05) is 48.5 Å². The molecule has 0 unspecified atom stereocenters. The van der Waals surface area contributed by atoms with Crippen molar-refractivity contribution in [1.29, 1.82) is 0 Å². The Labute approximate surface area is 200 Å². The molecule has 0 saturated carbocycles. The number of benzene rings is 2. The van der Waals surface area contributed by atoms with Crippen LogP contribution in [0.3, 0.4) is 0 Å². The van der Waals surface area contributed by atoms with Gasteiger partial charge in [0.15, 0.2) is 5.82 Å². The molecule has 34 heavy (non-hydrogen) atoms. The Kier molecular flexibility index (Phi) is 6.36. The molecule has 180 valence electrons. The lowest BCUT2D eigenvalue weighted by atomic mass is 9.79. The molecule has 0 atom stereocenters. The highest BCUT2D eigenvalue weighted by Crippen LogP contribution is 2.31. The van der Waals surface area contributed by atoms with Crippen LogP contribution in [0.25, 0.3) is 17.1 Å². The fraction of sp³-hybridized carbons (Fsp3) is 0.423. The van der Waals surface area contributed by atoms with Crippen LogP contribution in [-0.2, 0) is 0 Å². The second-order valence-corrected chi connectivity index (χ2v) is 10.0. The molecule has 2 N–H and O–H groups in total. The van der Waals surface area contributed by atoms with Crippen LogP contribution in [0.2, 0.25) is 0 Å². The Hall–Kier alpha value is -3.39. The van der Waals surface area contributed by atoms with Crippen LogP contribution < -0.4 is 20.1 Å². The second kappa shape index (κ2) is 9.10. The number of hydrogen-bond acceptors (Lipinski definition) is 6. The van der Waals surface area contributed by atoms with Gasteiger partial charge in [-0.05, 0) is 52.7 Å². The Morgan fingerprint density at radius 1 is 1.03 bits per heavy atom. The number of nitrogens with one attached hydrogen (secondary N) is 2. The topological polar surface area (TPSA) is 90.3 Å². The predicted octanol–water partition coefficient (Wildman–Crippen LogP) is 3.99. The summed E-state index contributed by atoms with van der Waals surface area (Å²) in [5.74, 6) is 1.60. The molecule has 1 aromatic heterocycles. The van der Waals surface area contributed by atoms with E-state index in [0.29, 0.717) is 23.0 Å². The number of amides is 1. The van der Waals surface area contributed by atoms with Gasteiger partial charge in [-0.1, -0.05) is 30.3 Å². The summed E-state index contributed by atoms with van der Waals surface area (Å²) >= 11 is 0. The molecule has 1 fully saturated rings. The number of methoxy groups -OCH3 is 2. The number of ether oxygens (including phenoxy) is 2. The average molecular weight is 464 g/mol. The molecule has 1 aliphatic heterocycles. The summed E-state index contributed by atoms with van der Waals surface area (Å²) in [5, 5.41) is 11.4. The maximum Gasteiger partial charge on any atom is 0.291 e. The largest absolute Gasteiger partial charge is 0.497 e. The highest BCUT2D eigenvalue weighted by molar-refractivity contribution is 5.91. The van der Waals surface area contributed by atoms with E-state index in [9.17, 15) is 4.79 Å². The Morgan fingerprint density at radius 2 is 1.71 bits per heavy atom. The van der Waals surface area contributed by atoms with Crippen molar-refractivity contribution < 1.29 is 14.3 Å². The van der Waals surface area contributed by atoms with Crippen molar-refractivity contribution in [3.8, 4) is 28.6 Å². The van der Waals surface area contributed by atoms with E-state index in [2.05, 4.69) is 48.4 Å². The van der Waals surface area contributed by atoms with Gasteiger partial charge in [-0.15, -0.1) is 5.10 Å². The fourth-order valence-electron chi connectivity index (χ4n) is 4.99. The van der Waals surface area contributed by atoms with Gasteiger partial charge in [0.05, 0.1) is 14.2 Å². The Bertz CT molecular complexity index is 1150. The zero-order valence-corrected chi connectivity index (χ0v) is 20.7. The minimum absolute atomic E-state index is 0.0113. The summed E-state index contributed by atoms with van der Waals surface area (Å²) in [4.78, 5) is 18.0. The SMILES string of the molecule is COc1ccc(OC)c(-n2nc(C(=O)NC3CC(C)(C)NC(C)(C)C3)nc2-c2ccccc2)c1. The third kappa shape index (κ3) is 5.07. The molecule has 4 rings (SSSR count). The van der Waals surface area contributed by atoms with Crippen molar-refractivity contribution in [3.63, 3.8) is 0 Å². The molecule has 8 heteroatoms. The fourth-order valence-corrected chi connectivity index (χ4v) is 4.99. The first kappa shape index (κ1) is 23.8. The average Bonchev–Trinajstić information content (AvgIpc) is 3.22. The molecular weight excluding hydrogens is 430 g/mol. The minimum atomic E-state index is -0.295. The summed E-state index contributed by atoms with van der Waals surface area (Å²) in [5.41, 5.74) is 1.30. The van der Waals surface area contributed by atoms with Gasteiger partial charge in [0, 0.05) is 28.7 Å². The summed E-state index contributed by atoms with van der Waals surface area (Å²) in [6, 6.07) is 15.1. The first-order valence-corrected chi connectivity index (χ1v) is 11.5. The third-order valence-electron chi connectivity index (χ3n) is 5.98. The number of rotatable bonds is 6. The van der Waals surface area contributed by atoms with E-state index in [-0.39, 0.29) is 28.9 Å². The zero-order chi connectivity index (χ0) is 24.5. The summed E-state index contributed by atoms with van der Waals surface area (Å²) in [6.45, 7) is 8.62. The van der Waals surface area contributed by atoms with Gasteiger partial charge < -0.3 is 20.1 Å². The van der Waals surface area contributed by atoms with Gasteiger partial charge in [0.2, 0.25) is 5.82 Å². The molecule has 1 amide bonds. The molecule has 2 aromatic carbocycles. The van der Waals surface area contributed by atoms with Gasteiger partial charge in [0.25, 0.3) is 5.91 Å². The lowest BCUT2D eigenvalue weighted by Crippen LogP contribution is -2.62. The third-order valence-corrected chi connectivity index (χ3v) is 5.98. The van der Waals surface area contributed by atoms with Crippen molar-refractivity contribution in [2.75, 3.05) is 14.2 Å². The monoisotopic (exact) mass is 463 g/mol. The van der Waals surface area contributed by atoms with E-state index < -0.39 is 0 Å². The van der Waals surface area contributed by atoms with Crippen molar-refractivity contribution in [3.05, 3.63) is 54.4 Å². The maximum absolute atomic E-state index is 13.3. The first-order chi connectivity index (χ1) is 16.1. The van der Waals surface area contributed by atoms with Crippen LogP contribution in [0.15, 0.2) is 48.5 Å². The quantitative estimate of drug-likeness (QED) is 0.575. The van der Waals surface area contributed by atoms with Crippen LogP contribution in [0.5, 0.6) is 11.5 Å². The van der Waals surface area contributed by atoms with Crippen molar-refractivity contribution >= 4 is 5.91 Å². The number of aromatic nitrogens is 3. The Balaban J connectivity index is 1.73. The van der Waals surface area contributed by atoms with Gasteiger partial charge in [-0.3, -0.25) is 4.79 Å². The summed E-state index contributed by atoms with van der Waals surface area (Å²) in [7, 11) is 3.20. The van der Waals surface area contributed by atoms with Crippen LogP contribution >= 0.6 is 0 Å². The normalized spacial score (nSPS) is 17.2. The number of hydrogen-bond donors (Lipinski definition) is 2. The lowest BCUT2D eigenvalue weighted by Gasteiger charge is -2.46. The number of carbonyl (C=O) groups is 1. The molecule has 3 aromatic rings. The maximum atomic E-state index is 13.3. The van der Waals surface area contributed by atoms with Crippen LogP contribution in [0.4, 0.5) is 0 Å². The molecule has 0 radical (unpaired) electrons. The van der Waals surface area contributed by atoms with Gasteiger partial charge >= 0.3 is 0 Å². The van der Waals surface area contributed by atoms with Gasteiger partial charge in [-0.25, -0.2) is 9.67 Å². The highest BCUT2D eigenvalue weighted by atomic mass is 16.5. The number of carbonyl (C=O) groups excluding carboxylic acids is 1. The molecular formula is C26H33N5O3. The Morgan fingerprint density at radius 3 is 2.32 bits per heavy atom. The van der Waals surface area contributed by atoms with E-state index in [0.717, 1.165) is 18.4 Å². The minimum Gasteiger partial charge on any atom is -0.497 e. The smallest absolute Gasteiger partial charge is 0.291 e. The second-order valence-electron chi connectivity index (χ2n) is 10.0. The van der Waals surface area contributed by atoms with Crippen molar-refractivity contribution in [1.82, 2.24) is 25.4 Å². The summed E-state index contributed by atoms with van der Waals surface area (Å²) < 4.78 is 12.6. The lowest BCUT2D eigenvalue weighted by molar-refractivity contribution is 0.0863. The molecule has 0 bridgehead atoms. The van der Waals surface area contributed by atoms with Gasteiger partial charge in [0.1, 0.15) is 17.2 Å². The van der Waals surface area contributed by atoms with E-state index in [1.165, 1.54) is 0 Å². The van der Waals surface area contributed by atoms with Crippen LogP contribution in [0.1, 0.15) is 51.2 Å². The van der Waals surface area contributed by atoms with Gasteiger partial charge in [-0.2, -0.15) is 0 Å². The van der Waals surface area contributed by atoms with Crippen LogP contribution in [0, 0.1) is 0 Å². The molecule has 8 nitrogen and oxygen atoms in total. The summed E-state index contributed by atoms with van der Waals surface area (Å²) in [6.07, 6.45) is 1.64. The molecule has 0 aliphatic carbocycles. The highest BCUT2D eigenvalue weighted by Gasteiger charge is 2.38. The van der Waals surface area contributed by atoms with E-state index in [4.69, 9.17) is 9.47 Å². The van der Waals surface area contributed by atoms with Crippen LogP contribution in [-0.4, -0.2) is 52.0 Å².